The second kappa shape index (κ2) is 5.36. The first-order chi connectivity index (χ1) is 7.40. The summed E-state index contributed by atoms with van der Waals surface area (Å²) < 4.78 is 0. The molecule has 0 aromatic heterocycles. The summed E-state index contributed by atoms with van der Waals surface area (Å²) in [5, 5.41) is 0.590. The first kappa shape index (κ1) is 14.5. The molecule has 0 aromatic carbocycles. The van der Waals surface area contributed by atoms with E-state index >= 15 is 0 Å². The summed E-state index contributed by atoms with van der Waals surface area (Å²) in [5.41, 5.74) is 1.66. The third-order valence-electron chi connectivity index (χ3n) is 3.50. The van der Waals surface area contributed by atoms with Gasteiger partial charge in [0.15, 0.2) is 0 Å². The summed E-state index contributed by atoms with van der Waals surface area (Å²) in [7, 11) is 4.38. The van der Waals surface area contributed by atoms with E-state index in [0.717, 1.165) is 12.2 Å². The second-order valence-electron chi connectivity index (χ2n) is 4.88. The van der Waals surface area contributed by atoms with Crippen molar-refractivity contribution < 1.29 is 0 Å². The Morgan fingerprint density at radius 2 is 2.12 bits per heavy atom. The Labute approximate surface area is 115 Å². The third-order valence-corrected chi connectivity index (χ3v) is 5.27. The van der Waals surface area contributed by atoms with Crippen LogP contribution in [0.4, 0.5) is 0 Å². The van der Waals surface area contributed by atoms with Gasteiger partial charge < -0.3 is 4.90 Å². The number of rotatable bonds is 6. The molecule has 0 aliphatic carbocycles. The van der Waals surface area contributed by atoms with Gasteiger partial charge in [-0.25, -0.2) is 0 Å². The van der Waals surface area contributed by atoms with Gasteiger partial charge in [0.05, 0.1) is 5.49 Å². The van der Waals surface area contributed by atoms with Crippen LogP contribution in [0.15, 0.2) is 11.1 Å². The molecule has 5 heteroatoms. The predicted octanol–water partition coefficient (Wildman–Crippen LogP) is 3.47. The predicted molar refractivity (Wildman–Crippen MR) is 84.0 cm³/mol. The number of thioether (sulfide) groups is 1. The van der Waals surface area contributed by atoms with E-state index in [2.05, 4.69) is 46.2 Å². The number of thiol groups is 1. The minimum absolute atomic E-state index is 0.293. The van der Waals surface area contributed by atoms with Gasteiger partial charge in [-0.2, -0.15) is 12.6 Å². The maximum atomic E-state index is 4.89. The molecule has 0 aromatic rings. The van der Waals surface area contributed by atoms with Crippen molar-refractivity contribution in [2.75, 3.05) is 19.1 Å². The topological polar surface area (TPSA) is 3.24 Å². The smallest absolute Gasteiger partial charge is 0.126 e. The molecule has 0 amide bonds. The number of nitrogens with zero attached hydrogens (tertiary/aromatic N) is 1. The lowest BCUT2D eigenvalue weighted by Crippen LogP contribution is -2.07. The summed E-state index contributed by atoms with van der Waals surface area (Å²) in [5.74, 6) is 0.925. The van der Waals surface area contributed by atoms with Gasteiger partial charge in [-0.1, -0.05) is 36.7 Å². The highest BCUT2D eigenvalue weighted by molar-refractivity contribution is 8.02. The highest BCUT2D eigenvalue weighted by Crippen LogP contribution is 2.71. The number of hydrogen-bond acceptors (Lipinski definition) is 3. The van der Waals surface area contributed by atoms with Crippen LogP contribution in [0.25, 0.3) is 0 Å². The average molecular weight is 272 g/mol. The summed E-state index contributed by atoms with van der Waals surface area (Å²) >= 11 is 11.1. The Morgan fingerprint density at radius 3 is 2.50 bits per heavy atom. The van der Waals surface area contributed by atoms with Crippen molar-refractivity contribution in [3.8, 4) is 0 Å². The molecule has 1 aliphatic rings. The SMILES string of the molecule is CS/C(=C\N(C)C=S)CC1(C)[B]C1(C)CS. The van der Waals surface area contributed by atoms with Crippen molar-refractivity contribution in [3.05, 3.63) is 11.1 Å². The van der Waals surface area contributed by atoms with Crippen LogP contribution in [0.2, 0.25) is 10.6 Å². The van der Waals surface area contributed by atoms with Crippen molar-refractivity contribution in [1.82, 2.24) is 4.90 Å². The maximum Gasteiger partial charge on any atom is 0.126 e. The molecule has 0 bridgehead atoms. The number of thiocarbonyl (C=S) groups is 1. The van der Waals surface area contributed by atoms with Gasteiger partial charge in [0.25, 0.3) is 0 Å². The Morgan fingerprint density at radius 1 is 1.50 bits per heavy atom. The molecular formula is C11H19BNS3. The van der Waals surface area contributed by atoms with Crippen LogP contribution in [0.1, 0.15) is 20.3 Å². The summed E-state index contributed by atoms with van der Waals surface area (Å²) in [4.78, 5) is 3.30. The zero-order chi connectivity index (χ0) is 12.4. The van der Waals surface area contributed by atoms with E-state index < -0.39 is 0 Å². The molecule has 1 aliphatic heterocycles. The van der Waals surface area contributed by atoms with Gasteiger partial charge in [0.1, 0.15) is 7.28 Å². The summed E-state index contributed by atoms with van der Waals surface area (Å²) in [6, 6.07) is 0. The van der Waals surface area contributed by atoms with E-state index in [1.165, 1.54) is 4.91 Å². The molecule has 0 saturated carbocycles. The van der Waals surface area contributed by atoms with E-state index in [1.807, 2.05) is 11.9 Å². The Bertz CT molecular complexity index is 308. The van der Waals surface area contributed by atoms with Crippen molar-refractivity contribution in [3.63, 3.8) is 0 Å². The second-order valence-corrected chi connectivity index (χ2v) is 6.34. The Kier molecular flexibility index (Phi) is 4.84. The fourth-order valence-electron chi connectivity index (χ4n) is 1.94. The normalized spacial score (nSPS) is 33.2. The Hall–Kier alpha value is 0.395. The molecule has 89 valence electrons. The first-order valence-corrected chi connectivity index (χ1v) is 7.63. The van der Waals surface area contributed by atoms with Crippen LogP contribution < -0.4 is 0 Å². The van der Waals surface area contributed by atoms with Gasteiger partial charge >= 0.3 is 0 Å². The molecule has 1 saturated heterocycles. The van der Waals surface area contributed by atoms with Crippen LogP contribution in [-0.2, 0) is 0 Å². The van der Waals surface area contributed by atoms with E-state index in [-0.39, 0.29) is 0 Å². The van der Waals surface area contributed by atoms with Crippen molar-refractivity contribution in [2.45, 2.75) is 30.9 Å². The van der Waals surface area contributed by atoms with E-state index in [9.17, 15) is 0 Å². The number of hydrogen-bond donors (Lipinski definition) is 1. The average Bonchev–Trinajstić information content (AvgIpc) is 2.80. The molecule has 1 fully saturated rings. The lowest BCUT2D eigenvalue weighted by Gasteiger charge is -2.20. The first-order valence-electron chi connectivity index (χ1n) is 5.30. The molecule has 1 rings (SSSR count). The monoisotopic (exact) mass is 272 g/mol. The molecule has 1 heterocycles. The van der Waals surface area contributed by atoms with Gasteiger partial charge in [-0.15, -0.1) is 11.8 Å². The van der Waals surface area contributed by atoms with Crippen LogP contribution in [-0.4, -0.2) is 36.7 Å². The maximum absolute atomic E-state index is 4.89. The highest BCUT2D eigenvalue weighted by Gasteiger charge is 2.60. The van der Waals surface area contributed by atoms with Gasteiger partial charge in [0, 0.05) is 18.2 Å². The van der Waals surface area contributed by atoms with Crippen molar-refractivity contribution in [1.29, 1.82) is 0 Å². The summed E-state index contributed by atoms with van der Waals surface area (Å²) in [6.45, 7) is 4.59. The zero-order valence-corrected chi connectivity index (χ0v) is 12.9. The van der Waals surface area contributed by atoms with E-state index in [1.54, 1.807) is 17.3 Å². The third kappa shape index (κ3) is 2.99. The quantitative estimate of drug-likeness (QED) is 0.448. The largest absolute Gasteiger partial charge is 0.347 e. The van der Waals surface area contributed by atoms with Crippen LogP contribution in [0.5, 0.6) is 0 Å². The molecule has 16 heavy (non-hydrogen) atoms. The number of allylic oxidation sites excluding steroid dienone is 1. The zero-order valence-electron chi connectivity index (χ0n) is 10.4. The fraction of sp³-hybridized carbons (Fsp3) is 0.727. The molecule has 0 spiro atoms. The van der Waals surface area contributed by atoms with Gasteiger partial charge in [0.2, 0.25) is 0 Å². The summed E-state index contributed by atoms with van der Waals surface area (Å²) in [6.07, 6.45) is 5.32. The molecule has 1 radical (unpaired) electrons. The Balaban J connectivity index is 2.66. The fourth-order valence-corrected chi connectivity index (χ4v) is 3.17. The van der Waals surface area contributed by atoms with Crippen LogP contribution in [0.3, 0.4) is 0 Å². The van der Waals surface area contributed by atoms with Gasteiger partial charge in [-0.3, -0.25) is 0 Å². The minimum atomic E-state index is 0.293. The standard InChI is InChI=1S/C11H19BNS3/c1-10(11(2,7-14)12-10)5-9(16-4)6-13(3)8-15/h6,8,14H,5,7H2,1-4H3/b9-6-. The van der Waals surface area contributed by atoms with Crippen LogP contribution in [0, 0.1) is 0 Å². The van der Waals surface area contributed by atoms with Gasteiger partial charge in [-0.05, 0) is 18.4 Å². The highest BCUT2D eigenvalue weighted by atomic mass is 32.2. The molecular weight excluding hydrogens is 253 g/mol. The van der Waals surface area contributed by atoms with E-state index in [4.69, 9.17) is 12.2 Å². The van der Waals surface area contributed by atoms with E-state index in [0.29, 0.717) is 10.6 Å². The molecule has 2 atom stereocenters. The molecule has 0 N–H and O–H groups in total. The molecule has 2 unspecified atom stereocenters. The molecule has 1 nitrogen and oxygen atoms in total. The minimum Gasteiger partial charge on any atom is -0.347 e. The van der Waals surface area contributed by atoms with Crippen molar-refractivity contribution in [2.24, 2.45) is 0 Å². The lowest BCUT2D eigenvalue weighted by molar-refractivity contribution is 0.586. The lowest BCUT2D eigenvalue weighted by atomic mass is 9.86. The van der Waals surface area contributed by atoms with Crippen molar-refractivity contribution >= 4 is 49.4 Å². The van der Waals surface area contributed by atoms with Crippen LogP contribution >= 0.6 is 36.6 Å².